The van der Waals surface area contributed by atoms with Crippen molar-refractivity contribution >= 4 is 22.4 Å². The van der Waals surface area contributed by atoms with E-state index in [4.69, 9.17) is 0 Å². The van der Waals surface area contributed by atoms with Gasteiger partial charge in [-0.1, -0.05) is 0 Å². The number of thiazole rings is 1. The SMILES string of the molecule is CC1(Nc2nc3c(s2)CCCC3C(=O)O)CC1. The van der Waals surface area contributed by atoms with Gasteiger partial charge in [0.1, 0.15) is 5.92 Å². The Hall–Kier alpha value is -1.10. The van der Waals surface area contributed by atoms with Crippen LogP contribution < -0.4 is 5.32 Å². The lowest BCUT2D eigenvalue weighted by molar-refractivity contribution is -0.139. The average Bonchev–Trinajstić information content (AvgIpc) is 2.86. The van der Waals surface area contributed by atoms with E-state index in [1.807, 2.05) is 0 Å². The fraction of sp³-hybridized carbons (Fsp3) is 0.667. The Bertz CT molecular complexity index is 465. The minimum absolute atomic E-state index is 0.208. The lowest BCUT2D eigenvalue weighted by Gasteiger charge is -2.16. The number of rotatable bonds is 3. The van der Waals surface area contributed by atoms with Crippen LogP contribution >= 0.6 is 11.3 Å². The van der Waals surface area contributed by atoms with Gasteiger partial charge in [0.2, 0.25) is 0 Å². The maximum atomic E-state index is 11.2. The number of hydrogen-bond donors (Lipinski definition) is 2. The van der Waals surface area contributed by atoms with Crippen LogP contribution in [0.3, 0.4) is 0 Å². The third-order valence-electron chi connectivity index (χ3n) is 3.66. The van der Waals surface area contributed by atoms with Crippen LogP contribution in [-0.4, -0.2) is 21.6 Å². The molecule has 2 aliphatic carbocycles. The number of aryl methyl sites for hydroxylation is 1. The van der Waals surface area contributed by atoms with Gasteiger partial charge < -0.3 is 10.4 Å². The number of nitrogens with one attached hydrogen (secondary N) is 1. The molecular formula is C12H16N2O2S. The number of fused-ring (bicyclic) bond motifs is 1. The van der Waals surface area contributed by atoms with Crippen LogP contribution in [0.15, 0.2) is 0 Å². The van der Waals surface area contributed by atoms with E-state index < -0.39 is 11.9 Å². The first kappa shape index (κ1) is 11.0. The molecule has 0 radical (unpaired) electrons. The standard InChI is InChI=1S/C12H16N2O2S/c1-12(5-6-12)14-11-13-9-7(10(15)16)3-2-4-8(9)17-11/h7H,2-6H2,1H3,(H,13,14)(H,15,16). The summed E-state index contributed by atoms with van der Waals surface area (Å²) in [6.07, 6.45) is 5.03. The minimum Gasteiger partial charge on any atom is -0.481 e. The fourth-order valence-electron chi connectivity index (χ4n) is 2.28. The molecule has 1 aromatic rings. The van der Waals surface area contributed by atoms with Crippen molar-refractivity contribution in [2.75, 3.05) is 5.32 Å². The molecule has 1 aromatic heterocycles. The molecule has 2 N–H and O–H groups in total. The first-order valence-electron chi connectivity index (χ1n) is 6.08. The molecule has 0 aliphatic heterocycles. The van der Waals surface area contributed by atoms with Crippen molar-refractivity contribution in [3.8, 4) is 0 Å². The molecule has 17 heavy (non-hydrogen) atoms. The topological polar surface area (TPSA) is 62.2 Å². The summed E-state index contributed by atoms with van der Waals surface area (Å²) in [6, 6.07) is 0. The predicted molar refractivity (Wildman–Crippen MR) is 66.7 cm³/mol. The summed E-state index contributed by atoms with van der Waals surface area (Å²) in [5, 5.41) is 13.5. The number of aliphatic carboxylic acids is 1. The second-order valence-corrected chi connectivity index (χ2v) is 6.38. The average molecular weight is 252 g/mol. The molecule has 1 unspecified atom stereocenters. The van der Waals surface area contributed by atoms with Crippen LogP contribution in [-0.2, 0) is 11.2 Å². The summed E-state index contributed by atoms with van der Waals surface area (Å²) in [4.78, 5) is 16.8. The molecule has 0 spiro atoms. The first-order chi connectivity index (χ1) is 8.07. The maximum Gasteiger partial charge on any atom is 0.312 e. The molecule has 1 saturated carbocycles. The number of carbonyl (C=O) groups is 1. The number of hydrogen-bond acceptors (Lipinski definition) is 4. The van der Waals surface area contributed by atoms with Crippen LogP contribution in [0.1, 0.15) is 49.1 Å². The first-order valence-corrected chi connectivity index (χ1v) is 6.90. The van der Waals surface area contributed by atoms with Gasteiger partial charge >= 0.3 is 5.97 Å². The molecule has 92 valence electrons. The molecule has 1 heterocycles. The van der Waals surface area contributed by atoms with Crippen LogP contribution in [0.4, 0.5) is 5.13 Å². The molecular weight excluding hydrogens is 236 g/mol. The largest absolute Gasteiger partial charge is 0.481 e. The van der Waals surface area contributed by atoms with Crippen LogP contribution in [0.5, 0.6) is 0 Å². The zero-order chi connectivity index (χ0) is 12.0. The number of carboxylic acids is 1. The van der Waals surface area contributed by atoms with E-state index in [0.717, 1.165) is 35.0 Å². The third kappa shape index (κ3) is 2.04. The van der Waals surface area contributed by atoms with Crippen molar-refractivity contribution in [3.63, 3.8) is 0 Å². The number of anilines is 1. The van der Waals surface area contributed by atoms with E-state index in [1.54, 1.807) is 11.3 Å². The maximum absolute atomic E-state index is 11.2. The van der Waals surface area contributed by atoms with E-state index in [0.29, 0.717) is 0 Å². The van der Waals surface area contributed by atoms with Crippen LogP contribution in [0.25, 0.3) is 0 Å². The zero-order valence-electron chi connectivity index (χ0n) is 9.82. The van der Waals surface area contributed by atoms with Gasteiger partial charge in [-0.05, 0) is 39.0 Å². The van der Waals surface area contributed by atoms with Gasteiger partial charge in [-0.25, -0.2) is 4.98 Å². The highest BCUT2D eigenvalue weighted by molar-refractivity contribution is 7.15. The van der Waals surface area contributed by atoms with Gasteiger partial charge in [0.05, 0.1) is 5.69 Å². The second kappa shape index (κ2) is 3.70. The Morgan fingerprint density at radius 2 is 2.35 bits per heavy atom. The van der Waals surface area contributed by atoms with E-state index in [9.17, 15) is 9.90 Å². The highest BCUT2D eigenvalue weighted by Crippen LogP contribution is 2.42. The van der Waals surface area contributed by atoms with Gasteiger partial charge in [-0.15, -0.1) is 11.3 Å². The quantitative estimate of drug-likeness (QED) is 0.868. The smallest absolute Gasteiger partial charge is 0.312 e. The molecule has 1 fully saturated rings. The lowest BCUT2D eigenvalue weighted by atomic mass is 9.91. The summed E-state index contributed by atoms with van der Waals surface area (Å²) < 4.78 is 0. The minimum atomic E-state index is -0.736. The van der Waals surface area contributed by atoms with Crippen molar-refractivity contribution in [1.29, 1.82) is 0 Å². The molecule has 5 heteroatoms. The third-order valence-corrected chi connectivity index (χ3v) is 4.71. The van der Waals surface area contributed by atoms with Crippen molar-refractivity contribution < 1.29 is 9.90 Å². The van der Waals surface area contributed by atoms with Crippen molar-refractivity contribution in [2.24, 2.45) is 0 Å². The molecule has 0 saturated heterocycles. The van der Waals surface area contributed by atoms with Crippen molar-refractivity contribution in [3.05, 3.63) is 10.6 Å². The van der Waals surface area contributed by atoms with E-state index in [2.05, 4.69) is 17.2 Å². The van der Waals surface area contributed by atoms with E-state index >= 15 is 0 Å². The van der Waals surface area contributed by atoms with E-state index in [1.165, 1.54) is 12.8 Å². The highest BCUT2D eigenvalue weighted by Gasteiger charge is 2.39. The molecule has 2 aliphatic rings. The van der Waals surface area contributed by atoms with Gasteiger partial charge in [-0.3, -0.25) is 4.79 Å². The Kier molecular flexibility index (Phi) is 2.40. The fourth-order valence-corrected chi connectivity index (χ4v) is 3.50. The number of nitrogens with zero attached hydrogens (tertiary/aromatic N) is 1. The Labute approximate surface area is 104 Å². The molecule has 0 amide bonds. The Morgan fingerprint density at radius 1 is 1.59 bits per heavy atom. The Balaban J connectivity index is 1.87. The monoisotopic (exact) mass is 252 g/mol. The van der Waals surface area contributed by atoms with Gasteiger partial charge in [0.25, 0.3) is 0 Å². The summed E-state index contributed by atoms with van der Waals surface area (Å²) in [5.74, 6) is -1.13. The van der Waals surface area contributed by atoms with E-state index in [-0.39, 0.29) is 5.54 Å². The van der Waals surface area contributed by atoms with Crippen molar-refractivity contribution in [1.82, 2.24) is 4.98 Å². The molecule has 4 nitrogen and oxygen atoms in total. The lowest BCUT2D eigenvalue weighted by Crippen LogP contribution is -2.18. The number of carboxylic acid groups (broad SMARTS) is 1. The summed E-state index contributed by atoms with van der Waals surface area (Å²) in [6.45, 7) is 2.18. The Morgan fingerprint density at radius 3 is 3.00 bits per heavy atom. The summed E-state index contributed by atoms with van der Waals surface area (Å²) in [7, 11) is 0. The summed E-state index contributed by atoms with van der Waals surface area (Å²) in [5.41, 5.74) is 1.01. The normalized spacial score (nSPS) is 25.1. The van der Waals surface area contributed by atoms with Crippen LogP contribution in [0, 0.1) is 0 Å². The highest BCUT2D eigenvalue weighted by atomic mass is 32.1. The molecule has 3 rings (SSSR count). The second-order valence-electron chi connectivity index (χ2n) is 5.30. The zero-order valence-corrected chi connectivity index (χ0v) is 10.6. The summed E-state index contributed by atoms with van der Waals surface area (Å²) >= 11 is 1.64. The number of aromatic nitrogens is 1. The van der Waals surface area contributed by atoms with Crippen molar-refractivity contribution in [2.45, 2.75) is 50.5 Å². The predicted octanol–water partition coefficient (Wildman–Crippen LogP) is 2.61. The molecule has 1 atom stereocenters. The molecule has 0 bridgehead atoms. The van der Waals surface area contributed by atoms with Gasteiger partial charge in [0, 0.05) is 10.4 Å². The molecule has 0 aromatic carbocycles. The van der Waals surface area contributed by atoms with Gasteiger partial charge in [0.15, 0.2) is 5.13 Å². The van der Waals surface area contributed by atoms with Gasteiger partial charge in [-0.2, -0.15) is 0 Å². The van der Waals surface area contributed by atoms with Crippen LogP contribution in [0.2, 0.25) is 0 Å².